The van der Waals surface area contributed by atoms with Gasteiger partial charge in [-0.25, -0.2) is 9.78 Å². The minimum Gasteiger partial charge on any atom is -0.464 e. The number of hydrogen-bond acceptors (Lipinski definition) is 5. The van der Waals surface area contributed by atoms with Crippen molar-refractivity contribution in [3.63, 3.8) is 0 Å². The van der Waals surface area contributed by atoms with E-state index in [2.05, 4.69) is 9.72 Å². The van der Waals surface area contributed by atoms with Gasteiger partial charge in [-0.2, -0.15) is 0 Å². The fourth-order valence-corrected chi connectivity index (χ4v) is 2.83. The number of carbonyl (C=O) groups is 2. The van der Waals surface area contributed by atoms with Crippen LogP contribution in [0.25, 0.3) is 6.08 Å². The molecule has 1 amide bonds. The summed E-state index contributed by atoms with van der Waals surface area (Å²) in [6.07, 6.45) is 3.35. The van der Waals surface area contributed by atoms with Gasteiger partial charge in [0.25, 0.3) is 0 Å². The average molecular weight is 344 g/mol. The van der Waals surface area contributed by atoms with Crippen LogP contribution in [0.15, 0.2) is 41.8 Å². The Kier molecular flexibility index (Phi) is 6.26. The summed E-state index contributed by atoms with van der Waals surface area (Å²) in [5, 5.41) is 2.34. The second-order valence-electron chi connectivity index (χ2n) is 5.42. The van der Waals surface area contributed by atoms with Gasteiger partial charge in [-0.15, -0.1) is 11.3 Å². The predicted octanol–water partition coefficient (Wildman–Crippen LogP) is 3.38. The van der Waals surface area contributed by atoms with Gasteiger partial charge in [0.15, 0.2) is 5.69 Å². The topological polar surface area (TPSA) is 59.5 Å². The number of benzene rings is 1. The van der Waals surface area contributed by atoms with Crippen LogP contribution in [-0.2, 0) is 16.1 Å². The summed E-state index contributed by atoms with van der Waals surface area (Å²) >= 11 is 1.34. The molecule has 0 radical (unpaired) electrons. The van der Waals surface area contributed by atoms with Crippen molar-refractivity contribution in [1.29, 1.82) is 0 Å². The Bertz CT molecular complexity index is 723. The molecule has 126 valence electrons. The lowest BCUT2D eigenvalue weighted by atomic mass is 10.2. The molecule has 0 saturated heterocycles. The molecule has 0 N–H and O–H groups in total. The van der Waals surface area contributed by atoms with Crippen molar-refractivity contribution in [3.05, 3.63) is 58.1 Å². The molecular weight excluding hydrogens is 324 g/mol. The summed E-state index contributed by atoms with van der Waals surface area (Å²) in [6.45, 7) is 4.25. The maximum Gasteiger partial charge on any atom is 0.357 e. The number of thiazole rings is 1. The molecule has 0 fully saturated rings. The maximum absolute atomic E-state index is 12.5. The molecule has 2 aromatic rings. The molecule has 0 unspecified atom stereocenters. The van der Waals surface area contributed by atoms with Crippen molar-refractivity contribution in [1.82, 2.24) is 9.88 Å². The molecule has 24 heavy (non-hydrogen) atoms. The molecule has 0 aliphatic carbocycles. The van der Waals surface area contributed by atoms with Gasteiger partial charge in [-0.05, 0) is 25.5 Å². The number of esters is 1. The van der Waals surface area contributed by atoms with Gasteiger partial charge in [-0.1, -0.05) is 30.3 Å². The van der Waals surface area contributed by atoms with Crippen molar-refractivity contribution in [2.45, 2.75) is 26.4 Å². The van der Waals surface area contributed by atoms with E-state index in [0.29, 0.717) is 11.6 Å². The summed E-state index contributed by atoms with van der Waals surface area (Å²) in [7, 11) is 1.32. The second-order valence-corrected chi connectivity index (χ2v) is 6.36. The van der Waals surface area contributed by atoms with Gasteiger partial charge in [-0.3, -0.25) is 4.79 Å². The molecule has 1 heterocycles. The lowest BCUT2D eigenvalue weighted by Crippen LogP contribution is -2.35. The number of rotatable bonds is 6. The Morgan fingerprint density at radius 2 is 2.00 bits per heavy atom. The Labute approximate surface area is 145 Å². The molecule has 1 aromatic heterocycles. The lowest BCUT2D eigenvalue weighted by Gasteiger charge is -2.24. The van der Waals surface area contributed by atoms with Crippen molar-refractivity contribution in [2.75, 3.05) is 7.11 Å². The average Bonchev–Trinajstić information content (AvgIpc) is 3.06. The number of hydrogen-bond donors (Lipinski definition) is 0. The van der Waals surface area contributed by atoms with Crippen LogP contribution >= 0.6 is 11.3 Å². The van der Waals surface area contributed by atoms with Gasteiger partial charge in [0, 0.05) is 17.5 Å². The first-order chi connectivity index (χ1) is 11.5. The normalized spacial score (nSPS) is 11.0. The second kappa shape index (κ2) is 8.40. The van der Waals surface area contributed by atoms with Crippen molar-refractivity contribution in [3.8, 4) is 0 Å². The van der Waals surface area contributed by atoms with Gasteiger partial charge in [0.2, 0.25) is 5.91 Å². The first kappa shape index (κ1) is 17.9. The third-order valence-corrected chi connectivity index (χ3v) is 4.21. The predicted molar refractivity (Wildman–Crippen MR) is 94.6 cm³/mol. The quantitative estimate of drug-likeness (QED) is 0.595. The van der Waals surface area contributed by atoms with Crippen LogP contribution in [0.5, 0.6) is 0 Å². The summed E-state index contributed by atoms with van der Waals surface area (Å²) in [5.41, 5.74) is 1.24. The van der Waals surface area contributed by atoms with E-state index < -0.39 is 5.97 Å². The molecule has 0 aliphatic rings. The molecule has 0 aliphatic heterocycles. The van der Waals surface area contributed by atoms with Crippen LogP contribution in [0.4, 0.5) is 0 Å². The Morgan fingerprint density at radius 3 is 2.62 bits per heavy atom. The highest BCUT2D eigenvalue weighted by molar-refractivity contribution is 7.09. The third kappa shape index (κ3) is 4.76. The van der Waals surface area contributed by atoms with E-state index >= 15 is 0 Å². The third-order valence-electron chi connectivity index (χ3n) is 3.38. The number of nitrogens with zero attached hydrogens (tertiary/aromatic N) is 2. The van der Waals surface area contributed by atoms with E-state index in [1.807, 2.05) is 44.2 Å². The summed E-state index contributed by atoms with van der Waals surface area (Å²) < 4.78 is 4.65. The Hall–Kier alpha value is -2.47. The molecule has 0 atom stereocenters. The van der Waals surface area contributed by atoms with Crippen LogP contribution < -0.4 is 0 Å². The molecule has 6 heteroatoms. The number of aromatic nitrogens is 1. The van der Waals surface area contributed by atoms with E-state index in [0.717, 1.165) is 5.56 Å². The van der Waals surface area contributed by atoms with Gasteiger partial charge in [0.1, 0.15) is 5.01 Å². The Morgan fingerprint density at radius 1 is 1.29 bits per heavy atom. The summed E-state index contributed by atoms with van der Waals surface area (Å²) in [5.74, 6) is -0.562. The van der Waals surface area contributed by atoms with Crippen LogP contribution in [0, 0.1) is 0 Å². The van der Waals surface area contributed by atoms with Crippen LogP contribution in [0.3, 0.4) is 0 Å². The SMILES string of the molecule is COC(=O)c1csc(CN(C(=O)C=Cc2ccccc2)C(C)C)n1. The zero-order valence-corrected chi connectivity index (χ0v) is 14.7. The zero-order valence-electron chi connectivity index (χ0n) is 13.9. The maximum atomic E-state index is 12.5. The van der Waals surface area contributed by atoms with E-state index in [4.69, 9.17) is 0 Å². The molecule has 0 bridgehead atoms. The highest BCUT2D eigenvalue weighted by atomic mass is 32.1. The highest BCUT2D eigenvalue weighted by Crippen LogP contribution is 2.15. The van der Waals surface area contributed by atoms with E-state index in [1.165, 1.54) is 18.4 Å². The fraction of sp³-hybridized carbons (Fsp3) is 0.278. The first-order valence-electron chi connectivity index (χ1n) is 7.57. The van der Waals surface area contributed by atoms with E-state index in [9.17, 15) is 9.59 Å². The molecule has 1 aromatic carbocycles. The van der Waals surface area contributed by atoms with E-state index in [-0.39, 0.29) is 17.6 Å². The van der Waals surface area contributed by atoms with Gasteiger partial charge >= 0.3 is 5.97 Å². The summed E-state index contributed by atoms with van der Waals surface area (Å²) in [6, 6.07) is 9.67. The monoisotopic (exact) mass is 344 g/mol. The minimum atomic E-state index is -0.469. The summed E-state index contributed by atoms with van der Waals surface area (Å²) in [4.78, 5) is 29.9. The van der Waals surface area contributed by atoms with E-state index in [1.54, 1.807) is 22.4 Å². The van der Waals surface area contributed by atoms with Crippen LogP contribution in [-0.4, -0.2) is 34.9 Å². The largest absolute Gasteiger partial charge is 0.464 e. The van der Waals surface area contributed by atoms with Crippen molar-refractivity contribution in [2.24, 2.45) is 0 Å². The van der Waals surface area contributed by atoms with Crippen molar-refractivity contribution < 1.29 is 14.3 Å². The smallest absolute Gasteiger partial charge is 0.357 e. The first-order valence-corrected chi connectivity index (χ1v) is 8.45. The standard InChI is InChI=1S/C18H20N2O3S/c1-13(2)20(11-16-19-15(12-24-16)18(22)23-3)17(21)10-9-14-7-5-4-6-8-14/h4-10,12-13H,11H2,1-3H3. The minimum absolute atomic E-state index is 0.0170. The zero-order chi connectivity index (χ0) is 17.5. The molecular formula is C18H20N2O3S. The van der Waals surface area contributed by atoms with Gasteiger partial charge in [0.05, 0.1) is 13.7 Å². The number of ether oxygens (including phenoxy) is 1. The van der Waals surface area contributed by atoms with Crippen molar-refractivity contribution >= 4 is 29.3 Å². The number of amides is 1. The Balaban J connectivity index is 2.08. The van der Waals surface area contributed by atoms with Crippen LogP contribution in [0.2, 0.25) is 0 Å². The van der Waals surface area contributed by atoms with Crippen LogP contribution in [0.1, 0.15) is 34.9 Å². The number of methoxy groups -OCH3 is 1. The molecule has 0 saturated carbocycles. The lowest BCUT2D eigenvalue weighted by molar-refractivity contribution is -0.128. The number of carbonyl (C=O) groups excluding carboxylic acids is 2. The molecule has 5 nitrogen and oxygen atoms in total. The molecule has 2 rings (SSSR count). The molecule has 0 spiro atoms. The highest BCUT2D eigenvalue weighted by Gasteiger charge is 2.18. The fourth-order valence-electron chi connectivity index (χ4n) is 2.07. The van der Waals surface area contributed by atoms with Gasteiger partial charge < -0.3 is 9.64 Å².